The topological polar surface area (TPSA) is 117 Å². The first kappa shape index (κ1) is 32.9. The molecule has 0 N–H and O–H groups in total. The first-order valence-corrected chi connectivity index (χ1v) is 28.9. The third kappa shape index (κ3) is 19.0. The van der Waals surface area contributed by atoms with Crippen LogP contribution in [0.2, 0.25) is 0 Å². The lowest BCUT2D eigenvalue weighted by Gasteiger charge is -2.28. The quantitative estimate of drug-likeness (QED) is 0.0295. The first-order chi connectivity index (χ1) is 62.6. The molecule has 2 aliphatic rings. The molecule has 0 saturated carbocycles. The fourth-order valence-corrected chi connectivity index (χ4v) is 9.64. The largest absolute Gasteiger partial charge is 0.416 e. The summed E-state index contributed by atoms with van der Waals surface area (Å²) < 4.78 is 504. The van der Waals surface area contributed by atoms with E-state index in [0.717, 1.165) is 60.7 Å². The average molecular weight is 1390 g/mol. The molecule has 6 aromatic carbocycles. The predicted molar refractivity (Wildman–Crippen MR) is 358 cm³/mol. The molecule has 502 valence electrons. The van der Waals surface area contributed by atoms with Crippen LogP contribution >= 0.6 is 23.5 Å². The summed E-state index contributed by atoms with van der Waals surface area (Å²) in [4.78, 5) is 62.4. The molecular formula is C73H78F8N8O4S2. The summed E-state index contributed by atoms with van der Waals surface area (Å²) in [6.07, 6.45) is -22.2. The lowest BCUT2D eigenvalue weighted by atomic mass is 9.98. The van der Waals surface area contributed by atoms with E-state index in [1.165, 1.54) is 0 Å². The summed E-state index contributed by atoms with van der Waals surface area (Å²) in [5.41, 5.74) is -23.9. The van der Waals surface area contributed by atoms with E-state index in [4.69, 9.17) is 45.2 Å². The third-order valence-corrected chi connectivity index (χ3v) is 14.4. The summed E-state index contributed by atoms with van der Waals surface area (Å²) in [5.74, 6) is -7.89. The maximum atomic E-state index is 15.5. The van der Waals surface area contributed by atoms with Crippen LogP contribution in [0.25, 0.3) is 22.3 Å². The van der Waals surface area contributed by atoms with Crippen LogP contribution < -0.4 is 11.1 Å². The maximum absolute atomic E-state index is 15.5. The number of benzene rings is 6. The monoisotopic (exact) mass is 1390 g/mol. The fourth-order valence-electron chi connectivity index (χ4n) is 8.26. The second-order valence-corrected chi connectivity index (χ2v) is 20.5. The number of nitrogens with zero attached hydrogens (tertiary/aromatic N) is 8. The minimum atomic E-state index is -5.37. The summed E-state index contributed by atoms with van der Waals surface area (Å²) in [5, 5.41) is -2.64. The molecule has 2 amide bonds. The highest BCUT2D eigenvalue weighted by Crippen LogP contribution is 2.36. The van der Waals surface area contributed by atoms with E-state index in [9.17, 15) is 61.2 Å². The summed E-state index contributed by atoms with van der Waals surface area (Å²) in [7, 11) is 0. The van der Waals surface area contributed by atoms with Crippen molar-refractivity contribution in [2.45, 2.75) is 133 Å². The molecule has 10 rings (SSSR count). The molecule has 0 unspecified atom stereocenters. The lowest BCUT2D eigenvalue weighted by molar-refractivity contribution is -0.138. The number of halogens is 8. The Labute approximate surface area is 620 Å². The second kappa shape index (κ2) is 32.7. The molecule has 2 heterocycles. The van der Waals surface area contributed by atoms with Gasteiger partial charge in [-0.3, -0.25) is 19.2 Å². The van der Waals surface area contributed by atoms with Gasteiger partial charge in [0.05, 0.1) is 42.7 Å². The number of carbonyl (C=O) groups is 2. The summed E-state index contributed by atoms with van der Waals surface area (Å²) >= 11 is -0.675. The zero-order valence-electron chi connectivity index (χ0n) is 94.6. The van der Waals surface area contributed by atoms with Crippen molar-refractivity contribution in [3.63, 3.8) is 0 Å². The number of thioether (sulfide) groups is 2. The highest BCUT2D eigenvalue weighted by molar-refractivity contribution is 7.98. The van der Waals surface area contributed by atoms with Gasteiger partial charge in [0.15, 0.2) is 10.3 Å². The molecule has 0 bridgehead atoms. The van der Waals surface area contributed by atoms with Gasteiger partial charge < -0.3 is 28.7 Å². The van der Waals surface area contributed by atoms with E-state index in [2.05, 4.69) is 9.97 Å². The molecule has 0 saturated heterocycles. The van der Waals surface area contributed by atoms with E-state index in [1.807, 2.05) is 0 Å². The minimum absolute atomic E-state index is 0.0926. The Morgan fingerprint density at radius 2 is 1.04 bits per heavy atom. The van der Waals surface area contributed by atoms with Crippen molar-refractivity contribution >= 4 is 35.3 Å². The Bertz CT molecular complexity index is 6270. The van der Waals surface area contributed by atoms with Gasteiger partial charge in [-0.25, -0.2) is 8.78 Å². The smallest absolute Gasteiger partial charge is 0.336 e. The van der Waals surface area contributed by atoms with Crippen molar-refractivity contribution in [3.05, 3.63) is 233 Å². The highest BCUT2D eigenvalue weighted by atomic mass is 32.2. The molecule has 8 aromatic rings. The van der Waals surface area contributed by atoms with Crippen LogP contribution in [0.5, 0.6) is 0 Å². The van der Waals surface area contributed by atoms with Gasteiger partial charge in [0.2, 0.25) is 11.8 Å². The average Bonchev–Trinajstić information content (AvgIpc) is 1.44. The van der Waals surface area contributed by atoms with Crippen LogP contribution in [0.15, 0.2) is 159 Å². The predicted octanol–water partition coefficient (Wildman–Crippen LogP) is 14.7. The van der Waals surface area contributed by atoms with Crippen LogP contribution in [-0.2, 0) is 84.9 Å². The number of rotatable bonds is 26. The van der Waals surface area contributed by atoms with Crippen LogP contribution in [0.1, 0.15) is 164 Å². The van der Waals surface area contributed by atoms with Gasteiger partial charge in [-0.1, -0.05) is 148 Å². The molecule has 0 atom stereocenters. The van der Waals surface area contributed by atoms with Crippen LogP contribution in [0, 0.1) is 18.6 Å². The van der Waals surface area contributed by atoms with Crippen LogP contribution in [-0.4, -0.2) is 102 Å². The van der Waals surface area contributed by atoms with Gasteiger partial charge in [0.25, 0.3) is 11.1 Å². The Morgan fingerprint density at radius 3 is 1.59 bits per heavy atom. The van der Waals surface area contributed by atoms with Crippen LogP contribution in [0.3, 0.4) is 0 Å². The van der Waals surface area contributed by atoms with Gasteiger partial charge in [-0.05, 0) is 164 Å². The van der Waals surface area contributed by atoms with Crippen molar-refractivity contribution in [2.24, 2.45) is 0 Å². The third-order valence-electron chi connectivity index (χ3n) is 12.8. The Balaban J connectivity index is 0.000000316. The number of likely N-dealkylation sites (N-methyl/N-ethyl adjacent to an activating group) is 2. The van der Waals surface area contributed by atoms with Gasteiger partial charge >= 0.3 is 12.4 Å². The van der Waals surface area contributed by atoms with Crippen molar-refractivity contribution in [3.8, 4) is 22.3 Å². The van der Waals surface area contributed by atoms with E-state index in [1.54, 1.807) is 0 Å². The zero-order valence-corrected chi connectivity index (χ0v) is 51.2. The first-order valence-electron chi connectivity index (χ1n) is 49.7. The lowest BCUT2D eigenvalue weighted by Crippen LogP contribution is -2.40. The molecule has 0 fully saturated rings. The zero-order chi connectivity index (χ0) is 108. The van der Waals surface area contributed by atoms with E-state index >= 15 is 9.59 Å². The van der Waals surface area contributed by atoms with E-state index in [0.29, 0.717) is 51.3 Å². The second-order valence-electron chi connectivity index (χ2n) is 18.9. The molecule has 12 nitrogen and oxygen atoms in total. The molecule has 95 heavy (non-hydrogen) atoms. The molecule has 22 heteroatoms. The van der Waals surface area contributed by atoms with E-state index in [-0.39, 0.29) is 58.3 Å². The number of hydrogen-bond donors (Lipinski definition) is 0. The molecule has 0 aliphatic heterocycles. The molecule has 2 aliphatic carbocycles. The summed E-state index contributed by atoms with van der Waals surface area (Å²) in [6, 6.07) is -5.48. The number of carbonyl (C=O) groups excluding carboxylic acids is 2. The number of hydrogen-bond acceptors (Lipinski definition) is 10. The molecule has 0 radical (unpaired) electrons. The van der Waals surface area contributed by atoms with Crippen molar-refractivity contribution in [1.82, 2.24) is 38.7 Å². The Morgan fingerprint density at radius 1 is 0.547 bits per heavy atom. The Hall–Kier alpha value is -7.92. The standard InChI is InChI=1S/C37H40F4N4O2S.C36H38F4N4O2S/c1-4-43(5-2)19-20-44(22-26-9-13-28(14-10-26)29-15-18-32(25(3)21-29)37(39,40)41)34(46)23-45-33-8-6-7-31(33)35(47)42-36(45)48-24-27-11-16-30(38)17-12-27;1-3-42(4-2)20-21-43(22-25-8-12-27(13-9-25)28-14-16-29(17-15-28)36(38,39)40)33(45)23-44-32-7-5-6-31(32)34(46)41-35(44)47-24-26-10-18-30(37)19-11-26/h9-18,21H,4-8,19-20,22-24H2,1-3H3;8-19H,3-7,20-24H2,1-2H3/i4D2,5D2,6D2,7D2,8D2,9D,10D,13D,14D,15D,18D,19D2,20D2,21D,22D2,23D2,24D2;3D2,4D2,10D,11D,18D,19D,20D2,21D2,22D2,23D2,24D2. The molecular weight excluding hydrogens is 1270 g/mol. The van der Waals surface area contributed by atoms with Crippen molar-refractivity contribution < 1.29 is 106 Å². The molecule has 0 spiro atoms. The summed E-state index contributed by atoms with van der Waals surface area (Å²) in [6.45, 7) is -45.6. The highest BCUT2D eigenvalue weighted by Gasteiger charge is 2.33. The maximum Gasteiger partial charge on any atom is 0.416 e. The SMILES string of the molecule is [2H]c1c([2H])c(C([2H])([2H])N(C(=O)C([2H])([2H])n2c(SC([2H])([2H])c3ccc(F)cc3)nc(=O)c3c2C([2H])([2H])C([2H])([2H])C3([2H])[2H])C([2H])([2H])C([2H])([2H])N(C([2H])([2H])C)C([2H])([2H])C)c([2H])c([2H])c1-c1c([2H])c([2H])c(C(F)(F)F)c(C)c1[2H].[2H]c1c([2H])c(C([2H])([2H])Sc2nc(=O)c3c(n2C([2H])([2H])C(=O)N(C([2H])([2H])c2ccc(-c4ccc(C(F)(F)F)cc4)cc2)C([2H])([2H])C([2H])([2H])N(C([2H])([2H])C)C([2H])([2H])C)CCC3)c([2H])c([2H])c1F. The number of fused-ring (bicyclic) bond motifs is 2. The minimum Gasteiger partial charge on any atom is -0.336 e. The van der Waals surface area contributed by atoms with Gasteiger partial charge in [-0.2, -0.15) is 36.3 Å². The van der Waals surface area contributed by atoms with Gasteiger partial charge in [0.1, 0.15) is 24.6 Å². The van der Waals surface area contributed by atoms with Crippen molar-refractivity contribution in [2.75, 3.05) is 52.0 Å². The molecule has 2 aromatic heterocycles. The number of amides is 2. The van der Waals surface area contributed by atoms with E-state index < -0.39 is 325 Å². The van der Waals surface area contributed by atoms with Gasteiger partial charge in [-0.15, -0.1) is 0 Å². The van der Waals surface area contributed by atoms with Crippen LogP contribution in [0.4, 0.5) is 35.1 Å². The number of alkyl halides is 6. The van der Waals surface area contributed by atoms with Crippen molar-refractivity contribution in [1.29, 1.82) is 0 Å². The fraction of sp³-hybridized carbons (Fsp3) is 0.370. The Kier molecular flexibility index (Phi) is 11.3. The normalized spacial score (nSPS) is 23.5. The number of aromatic nitrogens is 4. The van der Waals surface area contributed by atoms with Gasteiger partial charge in [0, 0.05) is 103 Å².